The molecule has 0 N–H and O–H groups in total. The molecule has 30 heavy (non-hydrogen) atoms. The summed E-state index contributed by atoms with van der Waals surface area (Å²) in [6.45, 7) is 2.80. The van der Waals surface area contributed by atoms with Crippen LogP contribution in [0.2, 0.25) is 0 Å². The summed E-state index contributed by atoms with van der Waals surface area (Å²) in [5.74, 6) is -0.861. The number of nitrogens with zero attached hydrogens (tertiary/aromatic N) is 2. The van der Waals surface area contributed by atoms with Crippen LogP contribution >= 0.6 is 11.3 Å². The Labute approximate surface area is 175 Å². The van der Waals surface area contributed by atoms with Gasteiger partial charge in [-0.2, -0.15) is 13.2 Å². The summed E-state index contributed by atoms with van der Waals surface area (Å²) in [7, 11) is 0. The molecule has 1 amide bonds. The Morgan fingerprint density at radius 2 is 2.13 bits per heavy atom. The smallest absolute Gasteiger partial charge is 0.416 e. The van der Waals surface area contributed by atoms with Crippen LogP contribution < -0.4 is 4.74 Å². The van der Waals surface area contributed by atoms with Crippen molar-refractivity contribution in [3.63, 3.8) is 0 Å². The van der Waals surface area contributed by atoms with Gasteiger partial charge < -0.3 is 14.4 Å². The number of thiazole rings is 1. The Bertz CT molecular complexity index is 900. The number of amides is 1. The Balaban J connectivity index is 1.59. The van der Waals surface area contributed by atoms with Crippen LogP contribution in [0.5, 0.6) is 5.75 Å². The summed E-state index contributed by atoms with van der Waals surface area (Å²) >= 11 is 1.19. The zero-order valence-electron chi connectivity index (χ0n) is 16.3. The number of hydrogen-bond donors (Lipinski definition) is 0. The molecule has 0 bridgehead atoms. The lowest BCUT2D eigenvalue weighted by molar-refractivity contribution is -0.149. The lowest BCUT2D eigenvalue weighted by Crippen LogP contribution is -2.43. The number of benzene rings is 1. The summed E-state index contributed by atoms with van der Waals surface area (Å²) in [4.78, 5) is 30.5. The van der Waals surface area contributed by atoms with E-state index >= 15 is 0 Å². The number of likely N-dealkylation sites (tertiary alicyclic amines) is 1. The number of esters is 1. The van der Waals surface area contributed by atoms with E-state index in [2.05, 4.69) is 4.98 Å². The standard InChI is InChI=1S/C20H21F3N2O4S/c1-2-28-19(27)13-5-4-8-25(10-13)18(26)16-12-30-17(24-16)11-29-15-7-3-6-14(9-15)20(21,22)23/h3,6-7,9,12-13H,2,4-5,8,10-11H2,1H3. The number of carbonyl (C=O) groups is 2. The van der Waals surface area contributed by atoms with E-state index in [-0.39, 0.29) is 42.4 Å². The summed E-state index contributed by atoms with van der Waals surface area (Å²) < 4.78 is 48.8. The van der Waals surface area contributed by atoms with Crippen LogP contribution in [0.25, 0.3) is 0 Å². The molecule has 2 aromatic rings. The van der Waals surface area contributed by atoms with E-state index in [0.29, 0.717) is 31.0 Å². The molecule has 0 saturated carbocycles. The molecule has 1 fully saturated rings. The zero-order valence-corrected chi connectivity index (χ0v) is 17.1. The maximum Gasteiger partial charge on any atom is 0.416 e. The van der Waals surface area contributed by atoms with Gasteiger partial charge in [-0.3, -0.25) is 9.59 Å². The lowest BCUT2D eigenvalue weighted by atomic mass is 9.98. The molecule has 0 radical (unpaired) electrons. The molecule has 2 heterocycles. The highest BCUT2D eigenvalue weighted by molar-refractivity contribution is 7.09. The minimum atomic E-state index is -4.45. The Kier molecular flexibility index (Phi) is 6.96. The van der Waals surface area contributed by atoms with Crippen LogP contribution in [-0.2, 0) is 22.3 Å². The van der Waals surface area contributed by atoms with Crippen molar-refractivity contribution in [2.24, 2.45) is 5.92 Å². The molecular weight excluding hydrogens is 421 g/mol. The highest BCUT2D eigenvalue weighted by Gasteiger charge is 2.31. The van der Waals surface area contributed by atoms with Gasteiger partial charge in [0.2, 0.25) is 0 Å². The lowest BCUT2D eigenvalue weighted by Gasteiger charge is -2.31. The third-order valence-corrected chi connectivity index (χ3v) is 5.45. The second-order valence-electron chi connectivity index (χ2n) is 6.78. The number of piperidine rings is 1. The number of halogens is 3. The average molecular weight is 442 g/mol. The molecule has 1 aromatic carbocycles. The predicted molar refractivity (Wildman–Crippen MR) is 103 cm³/mol. The average Bonchev–Trinajstić information content (AvgIpc) is 3.20. The van der Waals surface area contributed by atoms with Crippen molar-refractivity contribution in [2.75, 3.05) is 19.7 Å². The molecule has 1 aromatic heterocycles. The molecule has 1 aliphatic rings. The van der Waals surface area contributed by atoms with Crippen molar-refractivity contribution >= 4 is 23.2 Å². The molecule has 0 aliphatic carbocycles. The third kappa shape index (κ3) is 5.50. The van der Waals surface area contributed by atoms with Crippen molar-refractivity contribution < 1.29 is 32.2 Å². The first-order valence-corrected chi connectivity index (χ1v) is 10.4. The Hall–Kier alpha value is -2.62. The second-order valence-corrected chi connectivity index (χ2v) is 7.73. The Morgan fingerprint density at radius 1 is 1.33 bits per heavy atom. The first kappa shape index (κ1) is 22.1. The minimum Gasteiger partial charge on any atom is -0.486 e. The molecule has 1 unspecified atom stereocenters. The number of aromatic nitrogens is 1. The van der Waals surface area contributed by atoms with Gasteiger partial charge in [-0.25, -0.2) is 4.98 Å². The normalized spacial score (nSPS) is 16.9. The van der Waals surface area contributed by atoms with Gasteiger partial charge in [0.25, 0.3) is 5.91 Å². The molecule has 6 nitrogen and oxygen atoms in total. The van der Waals surface area contributed by atoms with Gasteiger partial charge in [-0.05, 0) is 38.0 Å². The van der Waals surface area contributed by atoms with Crippen LogP contribution in [-0.4, -0.2) is 41.5 Å². The number of hydrogen-bond acceptors (Lipinski definition) is 6. The van der Waals surface area contributed by atoms with Crippen molar-refractivity contribution in [1.82, 2.24) is 9.88 Å². The topological polar surface area (TPSA) is 68.7 Å². The van der Waals surface area contributed by atoms with E-state index in [4.69, 9.17) is 9.47 Å². The predicted octanol–water partition coefficient (Wildman–Crippen LogP) is 4.16. The number of rotatable bonds is 6. The van der Waals surface area contributed by atoms with Crippen molar-refractivity contribution in [3.8, 4) is 5.75 Å². The fraction of sp³-hybridized carbons (Fsp3) is 0.450. The van der Waals surface area contributed by atoms with Gasteiger partial charge in [0.05, 0.1) is 18.1 Å². The van der Waals surface area contributed by atoms with E-state index in [9.17, 15) is 22.8 Å². The summed E-state index contributed by atoms with van der Waals surface area (Å²) in [5.41, 5.74) is -0.566. The molecule has 162 valence electrons. The van der Waals surface area contributed by atoms with E-state index in [1.54, 1.807) is 17.2 Å². The van der Waals surface area contributed by atoms with Gasteiger partial charge in [-0.15, -0.1) is 11.3 Å². The molecule has 1 saturated heterocycles. The van der Waals surface area contributed by atoms with Gasteiger partial charge in [0, 0.05) is 18.5 Å². The SMILES string of the molecule is CCOC(=O)C1CCCN(C(=O)c2csc(COc3cccc(C(F)(F)F)c3)n2)C1. The monoisotopic (exact) mass is 442 g/mol. The summed E-state index contributed by atoms with van der Waals surface area (Å²) in [6, 6.07) is 4.58. The van der Waals surface area contributed by atoms with E-state index < -0.39 is 11.7 Å². The molecule has 1 atom stereocenters. The van der Waals surface area contributed by atoms with Crippen molar-refractivity contribution in [3.05, 3.63) is 45.9 Å². The Morgan fingerprint density at radius 3 is 2.87 bits per heavy atom. The fourth-order valence-corrected chi connectivity index (χ4v) is 3.84. The maximum atomic E-state index is 12.8. The van der Waals surface area contributed by atoms with E-state index in [0.717, 1.165) is 12.1 Å². The molecule has 0 spiro atoms. The van der Waals surface area contributed by atoms with Crippen molar-refractivity contribution in [1.29, 1.82) is 0 Å². The third-order valence-electron chi connectivity index (χ3n) is 4.62. The zero-order chi connectivity index (χ0) is 21.7. The molecule has 3 rings (SSSR count). The summed E-state index contributed by atoms with van der Waals surface area (Å²) in [5, 5.41) is 2.05. The largest absolute Gasteiger partial charge is 0.486 e. The summed E-state index contributed by atoms with van der Waals surface area (Å²) in [6.07, 6.45) is -3.07. The van der Waals surface area contributed by atoms with Crippen LogP contribution in [0, 0.1) is 5.92 Å². The van der Waals surface area contributed by atoms with Crippen molar-refractivity contribution in [2.45, 2.75) is 32.5 Å². The first-order chi connectivity index (χ1) is 14.3. The van der Waals surface area contributed by atoms with E-state index in [1.807, 2.05) is 0 Å². The van der Waals surface area contributed by atoms with Crippen LogP contribution in [0.3, 0.4) is 0 Å². The van der Waals surface area contributed by atoms with Gasteiger partial charge in [-0.1, -0.05) is 6.07 Å². The van der Waals surface area contributed by atoms with E-state index in [1.165, 1.54) is 23.5 Å². The first-order valence-electron chi connectivity index (χ1n) is 9.48. The number of ether oxygens (including phenoxy) is 2. The number of alkyl halides is 3. The molecular formula is C20H21F3N2O4S. The second kappa shape index (κ2) is 9.46. The van der Waals surface area contributed by atoms with Gasteiger partial charge in [0.15, 0.2) is 0 Å². The highest BCUT2D eigenvalue weighted by Crippen LogP contribution is 2.31. The maximum absolute atomic E-state index is 12.8. The molecule has 1 aliphatic heterocycles. The quantitative estimate of drug-likeness (QED) is 0.629. The van der Waals surface area contributed by atoms with Crippen LogP contribution in [0.1, 0.15) is 40.8 Å². The van der Waals surface area contributed by atoms with Crippen LogP contribution in [0.15, 0.2) is 29.6 Å². The van der Waals surface area contributed by atoms with Gasteiger partial charge >= 0.3 is 12.1 Å². The minimum absolute atomic E-state index is 0.0509. The highest BCUT2D eigenvalue weighted by atomic mass is 32.1. The molecule has 10 heteroatoms. The fourth-order valence-electron chi connectivity index (χ4n) is 3.16. The van der Waals surface area contributed by atoms with Crippen LogP contribution in [0.4, 0.5) is 13.2 Å². The number of carbonyl (C=O) groups excluding carboxylic acids is 2. The van der Waals surface area contributed by atoms with Gasteiger partial charge in [0.1, 0.15) is 23.1 Å².